The van der Waals surface area contributed by atoms with Gasteiger partial charge < -0.3 is 27.9 Å². The largest absolute Gasteiger partial charge is 0.756 e. The van der Waals surface area contributed by atoms with Crippen LogP contribution in [0.1, 0.15) is 463 Å². The number of nitrogens with zero attached hydrogens (tertiary/aromatic N) is 1. The molecule has 2 atom stereocenters. The summed E-state index contributed by atoms with van der Waals surface area (Å²) in [4.78, 5) is 38.3. The SMILES string of the molecule is CC/C=C\C/C=C\C/C=C\C/C=C\CCCCCCCCCCCCCCCCCCCCCCCCCCCCCCC(=O)OC(COC(=O)CCCCCCCCCCCCCCCCCCCCCCCCCCC/C=C\CCCCCCCCCC)COP(=O)([O-])OCC[N+](C)(C)C. The second-order valence-corrected chi connectivity index (χ2v) is 33.3. The van der Waals surface area contributed by atoms with Gasteiger partial charge in [0.15, 0.2) is 6.10 Å². The third-order valence-electron chi connectivity index (χ3n) is 20.5. The Labute approximate surface area is 636 Å². The fourth-order valence-corrected chi connectivity index (χ4v) is 14.4. The number of phosphoric ester groups is 1. The maximum absolute atomic E-state index is 12.9. The molecule has 0 radical (unpaired) electrons. The number of quaternary nitrogens is 1. The minimum absolute atomic E-state index is 0.0273. The van der Waals surface area contributed by atoms with Crippen LogP contribution in [0.2, 0.25) is 0 Å². The Bertz CT molecular complexity index is 1910. The number of hydrogen-bond acceptors (Lipinski definition) is 8. The molecule has 0 heterocycles. The Morgan fingerprint density at radius 1 is 0.314 bits per heavy atom. The average molecular weight is 1450 g/mol. The summed E-state index contributed by atoms with van der Waals surface area (Å²) in [7, 11) is 1.19. The molecule has 102 heavy (non-hydrogen) atoms. The number of likely N-dealkylation sites (N-methyl/N-ethyl adjacent to an activating group) is 1. The van der Waals surface area contributed by atoms with Crippen molar-refractivity contribution in [3.05, 3.63) is 60.8 Å². The maximum atomic E-state index is 12.9. The topological polar surface area (TPSA) is 111 Å². The zero-order valence-electron chi connectivity index (χ0n) is 68.8. The lowest BCUT2D eigenvalue weighted by molar-refractivity contribution is -0.870. The van der Waals surface area contributed by atoms with E-state index in [1.54, 1.807) is 0 Å². The van der Waals surface area contributed by atoms with Crippen molar-refractivity contribution >= 4 is 19.8 Å². The third kappa shape index (κ3) is 86.6. The van der Waals surface area contributed by atoms with Gasteiger partial charge in [0.2, 0.25) is 0 Å². The lowest BCUT2D eigenvalue weighted by Gasteiger charge is -2.28. The number of esters is 2. The van der Waals surface area contributed by atoms with Crippen molar-refractivity contribution in [1.82, 2.24) is 0 Å². The maximum Gasteiger partial charge on any atom is 0.306 e. The van der Waals surface area contributed by atoms with Crippen LogP contribution in [0.5, 0.6) is 0 Å². The van der Waals surface area contributed by atoms with E-state index in [1.807, 2.05) is 21.1 Å². The molecule has 0 fully saturated rings. The molecule has 2 unspecified atom stereocenters. The van der Waals surface area contributed by atoms with Gasteiger partial charge in [-0.2, -0.15) is 0 Å². The van der Waals surface area contributed by atoms with Crippen LogP contribution in [0, 0.1) is 0 Å². The highest BCUT2D eigenvalue weighted by Crippen LogP contribution is 2.38. The van der Waals surface area contributed by atoms with Crippen LogP contribution in [-0.2, 0) is 32.7 Å². The summed E-state index contributed by atoms with van der Waals surface area (Å²) in [6, 6.07) is 0. The Hall–Kier alpha value is -2.29. The quantitative estimate of drug-likeness (QED) is 0.0195. The lowest BCUT2D eigenvalue weighted by Crippen LogP contribution is -2.37. The van der Waals surface area contributed by atoms with Gasteiger partial charge in [-0.15, -0.1) is 0 Å². The predicted molar refractivity (Wildman–Crippen MR) is 443 cm³/mol. The fourth-order valence-electron chi connectivity index (χ4n) is 13.7. The molecule has 0 amide bonds. The van der Waals surface area contributed by atoms with E-state index in [9.17, 15) is 19.0 Å². The number of carbonyl (C=O) groups excluding carboxylic acids is 2. The van der Waals surface area contributed by atoms with Crippen molar-refractivity contribution < 1.29 is 42.1 Å². The molecular weight excluding hydrogens is 1280 g/mol. The van der Waals surface area contributed by atoms with Crippen molar-refractivity contribution in [2.75, 3.05) is 47.5 Å². The van der Waals surface area contributed by atoms with Crippen LogP contribution < -0.4 is 4.89 Å². The number of phosphoric acid groups is 1. The Kier molecular flexibility index (Phi) is 80.9. The van der Waals surface area contributed by atoms with Gasteiger partial charge in [-0.25, -0.2) is 0 Å². The van der Waals surface area contributed by atoms with Crippen LogP contribution in [0.15, 0.2) is 60.8 Å². The molecule has 0 aliphatic rings. The first-order valence-corrected chi connectivity index (χ1v) is 46.5. The lowest BCUT2D eigenvalue weighted by atomic mass is 10.0. The van der Waals surface area contributed by atoms with Gasteiger partial charge in [0.05, 0.1) is 27.7 Å². The van der Waals surface area contributed by atoms with E-state index >= 15 is 0 Å². The normalized spacial score (nSPS) is 13.2. The van der Waals surface area contributed by atoms with Crippen LogP contribution in [-0.4, -0.2) is 70.0 Å². The molecule has 0 N–H and O–H groups in total. The summed E-state index contributed by atoms with van der Waals surface area (Å²) >= 11 is 0. The molecule has 0 aromatic heterocycles. The van der Waals surface area contributed by atoms with E-state index < -0.39 is 26.5 Å². The number of rotatable bonds is 85. The summed E-state index contributed by atoms with van der Waals surface area (Å²) in [5, 5.41) is 0. The Morgan fingerprint density at radius 3 is 0.843 bits per heavy atom. The molecule has 600 valence electrons. The molecular formula is C92H174NO8P. The summed E-state index contributed by atoms with van der Waals surface area (Å²) in [6.45, 7) is 4.21. The molecule has 0 aromatic carbocycles. The van der Waals surface area contributed by atoms with Crippen molar-refractivity contribution in [3.8, 4) is 0 Å². The molecule has 0 saturated carbocycles. The summed E-state index contributed by atoms with van der Waals surface area (Å²) in [6.07, 6.45) is 113. The molecule has 0 aliphatic carbocycles. The first kappa shape index (κ1) is 99.7. The average Bonchev–Trinajstić information content (AvgIpc) is 0.916. The second-order valence-electron chi connectivity index (χ2n) is 31.9. The van der Waals surface area contributed by atoms with Gasteiger partial charge in [0.1, 0.15) is 19.8 Å². The first-order valence-electron chi connectivity index (χ1n) is 45.0. The van der Waals surface area contributed by atoms with E-state index in [2.05, 4.69) is 74.6 Å². The molecule has 10 heteroatoms. The van der Waals surface area contributed by atoms with Gasteiger partial charge in [-0.3, -0.25) is 14.2 Å². The monoisotopic (exact) mass is 1450 g/mol. The summed E-state index contributed by atoms with van der Waals surface area (Å²) in [5.41, 5.74) is 0. The number of unbranched alkanes of at least 4 members (excludes halogenated alkanes) is 61. The molecule has 0 aromatic rings. The van der Waals surface area contributed by atoms with Crippen LogP contribution in [0.4, 0.5) is 0 Å². The fraction of sp³-hybridized carbons (Fsp3) is 0.870. The molecule has 0 aliphatic heterocycles. The van der Waals surface area contributed by atoms with E-state index in [0.29, 0.717) is 17.4 Å². The zero-order valence-corrected chi connectivity index (χ0v) is 69.7. The van der Waals surface area contributed by atoms with Gasteiger partial charge in [0.25, 0.3) is 7.82 Å². The molecule has 0 spiro atoms. The van der Waals surface area contributed by atoms with Gasteiger partial charge in [0, 0.05) is 12.8 Å². The van der Waals surface area contributed by atoms with Gasteiger partial charge >= 0.3 is 11.9 Å². The van der Waals surface area contributed by atoms with Crippen molar-refractivity contribution in [2.24, 2.45) is 0 Å². The number of allylic oxidation sites excluding steroid dienone is 10. The second kappa shape index (κ2) is 82.8. The van der Waals surface area contributed by atoms with Gasteiger partial charge in [-0.1, -0.05) is 434 Å². The van der Waals surface area contributed by atoms with Crippen LogP contribution in [0.3, 0.4) is 0 Å². The van der Waals surface area contributed by atoms with Crippen LogP contribution >= 0.6 is 7.82 Å². The Morgan fingerprint density at radius 2 is 0.559 bits per heavy atom. The summed E-state index contributed by atoms with van der Waals surface area (Å²) < 4.78 is 34.5. The summed E-state index contributed by atoms with van der Waals surface area (Å²) in [5.74, 6) is -0.804. The number of carbonyl (C=O) groups is 2. The molecule has 0 rings (SSSR count). The predicted octanol–water partition coefficient (Wildman–Crippen LogP) is 29.8. The molecule has 0 bridgehead atoms. The van der Waals surface area contributed by atoms with E-state index in [0.717, 1.165) is 57.8 Å². The molecule has 0 saturated heterocycles. The molecule has 9 nitrogen and oxygen atoms in total. The van der Waals surface area contributed by atoms with Gasteiger partial charge in [-0.05, 0) is 77.0 Å². The third-order valence-corrected chi connectivity index (χ3v) is 21.5. The highest BCUT2D eigenvalue weighted by molar-refractivity contribution is 7.45. The number of hydrogen-bond donors (Lipinski definition) is 0. The Balaban J connectivity index is 3.83. The van der Waals surface area contributed by atoms with Crippen molar-refractivity contribution in [1.29, 1.82) is 0 Å². The van der Waals surface area contributed by atoms with E-state index in [4.69, 9.17) is 18.5 Å². The van der Waals surface area contributed by atoms with Crippen molar-refractivity contribution in [2.45, 2.75) is 469 Å². The van der Waals surface area contributed by atoms with Crippen molar-refractivity contribution in [3.63, 3.8) is 0 Å². The first-order chi connectivity index (χ1) is 50.0. The minimum atomic E-state index is -4.65. The zero-order chi connectivity index (χ0) is 74.0. The van der Waals surface area contributed by atoms with E-state index in [1.165, 1.54) is 372 Å². The van der Waals surface area contributed by atoms with E-state index in [-0.39, 0.29) is 32.0 Å². The smallest absolute Gasteiger partial charge is 0.306 e. The highest BCUT2D eigenvalue weighted by Gasteiger charge is 2.22. The van der Waals surface area contributed by atoms with Crippen LogP contribution in [0.25, 0.3) is 0 Å². The minimum Gasteiger partial charge on any atom is -0.756 e. The highest BCUT2D eigenvalue weighted by atomic mass is 31.2. The standard InChI is InChI=1S/C92H174NO8P/c1-6-8-10-12-14-16-18-20-22-24-26-28-30-32-34-36-38-40-42-44-45-46-47-49-51-53-55-57-59-61-63-65-67-69-71-73-75-77-79-81-83-85-92(95)101-90(89-100-102(96,97)99-87-86-93(3,4)5)88-98-91(94)84-82-80-78-76-74-72-70-68-66-64-62-60-58-56-54-52-50-48-43-41-39-37-35-33-31-29-27-25-23-21-19-17-15-13-11-9-7-2/h8,10,14,16,20,22,25-28,90H,6-7,9,11-13,15,17-19,21,23-24,29-89H2,1-5H3/b10-8-,16-14-,22-20-,27-25-,28-26-. The number of ether oxygens (including phenoxy) is 2.